The summed E-state index contributed by atoms with van der Waals surface area (Å²) in [7, 11) is 0. The molecule has 2 fully saturated rings. The van der Waals surface area contributed by atoms with Crippen molar-refractivity contribution in [3.05, 3.63) is 0 Å². The van der Waals surface area contributed by atoms with Crippen LogP contribution in [0.3, 0.4) is 0 Å². The van der Waals surface area contributed by atoms with Crippen molar-refractivity contribution >= 4 is 33.8 Å². The Bertz CT molecular complexity index is 670. The smallest absolute Gasteiger partial charge is 0.303 e. The maximum atomic E-state index is 11.8. The van der Waals surface area contributed by atoms with Gasteiger partial charge in [0.25, 0.3) is 0 Å². The first kappa shape index (κ1) is 27.0. The maximum Gasteiger partial charge on any atom is 0.303 e. The molecule has 0 aromatic heterocycles. The van der Waals surface area contributed by atoms with E-state index in [1.165, 1.54) is 20.8 Å². The fraction of sp³-hybridized carbons (Fsp3) is 0.864. The second kappa shape index (κ2) is 11.8. The Morgan fingerprint density at radius 2 is 1.25 bits per heavy atom. The molecule has 10 heteroatoms. The first-order valence-electron chi connectivity index (χ1n) is 11.0. The van der Waals surface area contributed by atoms with Gasteiger partial charge in [-0.25, -0.2) is 0 Å². The zero-order chi connectivity index (χ0) is 24.2. The van der Waals surface area contributed by atoms with Crippen molar-refractivity contribution in [2.24, 2.45) is 23.7 Å². The van der Waals surface area contributed by atoms with E-state index in [2.05, 4.69) is 15.9 Å². The van der Waals surface area contributed by atoms with Crippen LogP contribution in [-0.4, -0.2) is 66.8 Å². The van der Waals surface area contributed by atoms with Gasteiger partial charge in [-0.2, -0.15) is 0 Å². The van der Waals surface area contributed by atoms with E-state index in [-0.39, 0.29) is 41.9 Å². The van der Waals surface area contributed by atoms with Crippen LogP contribution in [0.5, 0.6) is 0 Å². The van der Waals surface area contributed by atoms with E-state index < -0.39 is 48.6 Å². The van der Waals surface area contributed by atoms with Crippen molar-refractivity contribution in [2.45, 2.75) is 84.2 Å². The van der Waals surface area contributed by atoms with E-state index in [0.717, 1.165) is 0 Å². The molecule has 2 aliphatic rings. The molecule has 0 saturated carbocycles. The van der Waals surface area contributed by atoms with Gasteiger partial charge in [0.1, 0.15) is 24.3 Å². The van der Waals surface area contributed by atoms with Crippen LogP contribution in [0.1, 0.15) is 48.5 Å². The molecular weight excluding hydrogens is 488 g/mol. The van der Waals surface area contributed by atoms with Crippen molar-refractivity contribution in [3.63, 3.8) is 0 Å². The number of hydrogen-bond donors (Lipinski definition) is 0. The largest absolute Gasteiger partial charge is 0.463 e. The van der Waals surface area contributed by atoms with Gasteiger partial charge in [-0.3, -0.25) is 14.4 Å². The van der Waals surface area contributed by atoms with Crippen molar-refractivity contribution in [2.75, 3.05) is 13.2 Å². The molecule has 0 amide bonds. The summed E-state index contributed by atoms with van der Waals surface area (Å²) in [4.78, 5) is 34.5. The van der Waals surface area contributed by atoms with Crippen molar-refractivity contribution in [1.82, 2.24) is 0 Å². The zero-order valence-corrected chi connectivity index (χ0v) is 21.3. The standard InChI is InChI=1S/C22H35BrO9/c1-10-11(2)20(29-16(7)26)22(31-17(10)8-27-14(5)24)32-19-12(3)13(4)21(23)30-18(19)9-28-15(6)25/h10-13,17-22H,8-9H2,1-7H3/t10-,11-,12?,13?,17?,18-,19-,20?,21-,22-/m0/s1. The highest BCUT2D eigenvalue weighted by Gasteiger charge is 2.49. The fourth-order valence-electron chi connectivity index (χ4n) is 4.06. The van der Waals surface area contributed by atoms with Gasteiger partial charge in [0.2, 0.25) is 0 Å². The highest BCUT2D eigenvalue weighted by atomic mass is 79.9. The first-order chi connectivity index (χ1) is 14.9. The number of alkyl halides is 1. The molecule has 184 valence electrons. The van der Waals surface area contributed by atoms with Crippen LogP contribution in [0, 0.1) is 23.7 Å². The van der Waals surface area contributed by atoms with Crippen molar-refractivity contribution < 1.29 is 42.8 Å². The third kappa shape index (κ3) is 6.88. The summed E-state index contributed by atoms with van der Waals surface area (Å²) in [6.07, 6.45) is -3.03. The van der Waals surface area contributed by atoms with Crippen LogP contribution in [0.4, 0.5) is 0 Å². The lowest BCUT2D eigenvalue weighted by Crippen LogP contribution is -2.58. The van der Waals surface area contributed by atoms with Gasteiger partial charge in [0.15, 0.2) is 12.4 Å². The topological polar surface area (TPSA) is 107 Å². The molecule has 0 spiro atoms. The number of esters is 3. The highest BCUT2D eigenvalue weighted by molar-refractivity contribution is 9.09. The molecule has 4 unspecified atom stereocenters. The highest BCUT2D eigenvalue weighted by Crippen LogP contribution is 2.39. The second-order valence-electron chi connectivity index (χ2n) is 8.79. The average Bonchev–Trinajstić information content (AvgIpc) is 2.70. The van der Waals surface area contributed by atoms with Crippen molar-refractivity contribution in [3.8, 4) is 0 Å². The molecule has 0 radical (unpaired) electrons. The van der Waals surface area contributed by atoms with E-state index in [0.29, 0.717) is 0 Å². The summed E-state index contributed by atoms with van der Waals surface area (Å²) in [5, 5.41) is -0.231. The lowest BCUT2D eigenvalue weighted by molar-refractivity contribution is -0.316. The van der Waals surface area contributed by atoms with Crippen LogP contribution >= 0.6 is 15.9 Å². The molecule has 9 nitrogen and oxygen atoms in total. The van der Waals surface area contributed by atoms with E-state index >= 15 is 0 Å². The molecule has 0 aromatic carbocycles. The molecule has 0 aromatic rings. The quantitative estimate of drug-likeness (QED) is 0.283. The zero-order valence-electron chi connectivity index (χ0n) is 19.7. The Morgan fingerprint density at radius 3 is 1.78 bits per heavy atom. The van der Waals surface area contributed by atoms with Gasteiger partial charge in [-0.1, -0.05) is 43.6 Å². The molecule has 0 aliphatic carbocycles. The number of carbonyl (C=O) groups is 3. The number of hydrogen-bond acceptors (Lipinski definition) is 9. The van der Waals surface area contributed by atoms with Crippen LogP contribution in [-0.2, 0) is 42.8 Å². The Kier molecular flexibility index (Phi) is 9.93. The summed E-state index contributed by atoms with van der Waals surface area (Å²) in [6.45, 7) is 12.1. The maximum absolute atomic E-state index is 11.8. The summed E-state index contributed by atoms with van der Waals surface area (Å²) >= 11 is 3.53. The van der Waals surface area contributed by atoms with Gasteiger partial charge in [-0.15, -0.1) is 0 Å². The van der Waals surface area contributed by atoms with Crippen LogP contribution in [0.25, 0.3) is 0 Å². The summed E-state index contributed by atoms with van der Waals surface area (Å²) in [5.41, 5.74) is 0. The minimum atomic E-state index is -0.902. The van der Waals surface area contributed by atoms with Gasteiger partial charge in [-0.05, 0) is 17.8 Å². The van der Waals surface area contributed by atoms with Gasteiger partial charge in [0.05, 0.1) is 12.2 Å². The third-order valence-corrected chi connectivity index (χ3v) is 7.49. The van der Waals surface area contributed by atoms with Crippen LogP contribution < -0.4 is 0 Å². The molecule has 0 bridgehead atoms. The Hall–Kier alpha value is -1.23. The van der Waals surface area contributed by atoms with E-state index in [1.54, 1.807) is 0 Å². The Balaban J connectivity index is 2.27. The number of halogens is 1. The molecule has 32 heavy (non-hydrogen) atoms. The molecule has 2 saturated heterocycles. The number of ether oxygens (including phenoxy) is 6. The molecule has 2 aliphatic heterocycles. The summed E-state index contributed by atoms with van der Waals surface area (Å²) in [6, 6.07) is 0. The number of carbonyl (C=O) groups excluding carboxylic acids is 3. The summed E-state index contributed by atoms with van der Waals surface area (Å²) in [5.74, 6) is -1.33. The molecule has 2 rings (SSSR count). The minimum Gasteiger partial charge on any atom is -0.463 e. The summed E-state index contributed by atoms with van der Waals surface area (Å²) < 4.78 is 34.6. The van der Waals surface area contributed by atoms with Gasteiger partial charge in [0, 0.05) is 26.7 Å². The Morgan fingerprint density at radius 1 is 0.719 bits per heavy atom. The van der Waals surface area contributed by atoms with E-state index in [9.17, 15) is 14.4 Å². The number of rotatable bonds is 7. The molecule has 2 heterocycles. The fourth-order valence-corrected chi connectivity index (χ4v) is 4.82. The van der Waals surface area contributed by atoms with Crippen molar-refractivity contribution in [1.29, 1.82) is 0 Å². The van der Waals surface area contributed by atoms with Gasteiger partial charge < -0.3 is 28.4 Å². The first-order valence-corrected chi connectivity index (χ1v) is 11.9. The average molecular weight is 523 g/mol. The SMILES string of the molecule is CC(=O)OCC1O[C@@H](O[C@H]2C(C)C(C)[C@@H](Br)O[C@H]2COC(C)=O)C(OC(C)=O)[C@@H](C)[C@@H]1C. The van der Waals surface area contributed by atoms with Gasteiger partial charge >= 0.3 is 17.9 Å². The van der Waals surface area contributed by atoms with Crippen LogP contribution in [0.15, 0.2) is 0 Å². The predicted octanol–water partition coefficient (Wildman–Crippen LogP) is 2.82. The molecule has 10 atom stereocenters. The minimum absolute atomic E-state index is 0.0110. The monoisotopic (exact) mass is 522 g/mol. The molecular formula is C22H35BrO9. The Labute approximate surface area is 197 Å². The second-order valence-corrected chi connectivity index (χ2v) is 9.69. The normalized spacial score (nSPS) is 39.8. The predicted molar refractivity (Wildman–Crippen MR) is 117 cm³/mol. The lowest BCUT2D eigenvalue weighted by atomic mass is 9.83. The van der Waals surface area contributed by atoms with Crippen LogP contribution in [0.2, 0.25) is 0 Å². The lowest BCUT2D eigenvalue weighted by Gasteiger charge is -2.48. The van der Waals surface area contributed by atoms with E-state index in [1.807, 2.05) is 27.7 Å². The third-order valence-electron chi connectivity index (χ3n) is 6.44. The molecule has 0 N–H and O–H groups in total. The van der Waals surface area contributed by atoms with E-state index in [4.69, 9.17) is 28.4 Å².